The first-order chi connectivity index (χ1) is 17.5. The van der Waals surface area contributed by atoms with Gasteiger partial charge in [-0.25, -0.2) is 18.0 Å². The number of ether oxygens (including phenoxy) is 2. The van der Waals surface area contributed by atoms with Gasteiger partial charge in [-0.15, -0.1) is 0 Å². The van der Waals surface area contributed by atoms with Crippen LogP contribution in [0.5, 0.6) is 5.75 Å². The SMILES string of the molecule is O=C(OC(CF)CF)N1CCC(COc2ccc(C3=CCC(C(=O)N4CCCC4)CC3)cc2F)CC1. The first-order valence-corrected chi connectivity index (χ1v) is 13.0. The highest BCUT2D eigenvalue weighted by atomic mass is 19.1. The Morgan fingerprint density at radius 2 is 1.72 bits per heavy atom. The Kier molecular flexibility index (Phi) is 9.15. The van der Waals surface area contributed by atoms with Crippen molar-refractivity contribution in [3.8, 4) is 5.75 Å². The van der Waals surface area contributed by atoms with Crippen LogP contribution in [0.3, 0.4) is 0 Å². The van der Waals surface area contributed by atoms with E-state index in [0.29, 0.717) is 39.0 Å². The summed E-state index contributed by atoms with van der Waals surface area (Å²) in [7, 11) is 0. The number of likely N-dealkylation sites (tertiary alicyclic amines) is 2. The van der Waals surface area contributed by atoms with Crippen LogP contribution in [0.2, 0.25) is 0 Å². The highest BCUT2D eigenvalue weighted by Gasteiger charge is 2.29. The molecule has 9 heteroatoms. The topological polar surface area (TPSA) is 59.1 Å². The summed E-state index contributed by atoms with van der Waals surface area (Å²) < 4.78 is 50.5. The van der Waals surface area contributed by atoms with Crippen molar-refractivity contribution >= 4 is 17.6 Å². The smallest absolute Gasteiger partial charge is 0.410 e. The van der Waals surface area contributed by atoms with Crippen molar-refractivity contribution in [1.82, 2.24) is 9.80 Å². The molecule has 0 N–H and O–H groups in total. The number of carbonyl (C=O) groups excluding carboxylic acids is 2. The Morgan fingerprint density at radius 1 is 1.00 bits per heavy atom. The Labute approximate surface area is 210 Å². The molecular formula is C27H35F3N2O4. The Morgan fingerprint density at radius 3 is 2.33 bits per heavy atom. The fourth-order valence-electron chi connectivity index (χ4n) is 5.15. The first kappa shape index (κ1) is 26.4. The lowest BCUT2D eigenvalue weighted by atomic mass is 9.86. The third-order valence-electron chi connectivity index (χ3n) is 7.44. The second kappa shape index (κ2) is 12.5. The highest BCUT2D eigenvalue weighted by Crippen LogP contribution is 2.33. The van der Waals surface area contributed by atoms with Crippen molar-refractivity contribution in [3.05, 3.63) is 35.7 Å². The Hall–Kier alpha value is -2.71. The van der Waals surface area contributed by atoms with Gasteiger partial charge in [-0.1, -0.05) is 12.1 Å². The number of nitrogens with zero attached hydrogens (tertiary/aromatic N) is 2. The summed E-state index contributed by atoms with van der Waals surface area (Å²) in [5, 5.41) is 0. The second-order valence-corrected chi connectivity index (χ2v) is 9.93. The number of halogens is 3. The molecule has 0 bridgehead atoms. The van der Waals surface area contributed by atoms with Gasteiger partial charge in [0.25, 0.3) is 0 Å². The van der Waals surface area contributed by atoms with Crippen LogP contribution in [-0.2, 0) is 9.53 Å². The average molecular weight is 509 g/mol. The van der Waals surface area contributed by atoms with Crippen LogP contribution in [0.15, 0.2) is 24.3 Å². The van der Waals surface area contributed by atoms with Gasteiger partial charge in [0.1, 0.15) is 13.3 Å². The maximum Gasteiger partial charge on any atom is 0.410 e. The third-order valence-corrected chi connectivity index (χ3v) is 7.44. The van der Waals surface area contributed by atoms with Gasteiger partial charge in [0.05, 0.1) is 6.61 Å². The molecule has 2 heterocycles. The van der Waals surface area contributed by atoms with E-state index in [-0.39, 0.29) is 23.5 Å². The molecule has 1 atom stereocenters. The van der Waals surface area contributed by atoms with Gasteiger partial charge in [-0.05, 0) is 74.1 Å². The molecule has 0 saturated carbocycles. The van der Waals surface area contributed by atoms with Crippen LogP contribution in [0, 0.1) is 17.7 Å². The fraction of sp³-hybridized carbons (Fsp3) is 0.630. The Balaban J connectivity index is 1.23. The maximum atomic E-state index is 14.8. The molecule has 0 spiro atoms. The monoisotopic (exact) mass is 508 g/mol. The summed E-state index contributed by atoms with van der Waals surface area (Å²) in [4.78, 5) is 28.0. The van der Waals surface area contributed by atoms with E-state index >= 15 is 0 Å². The molecule has 2 aliphatic heterocycles. The molecule has 2 amide bonds. The molecule has 2 saturated heterocycles. The fourth-order valence-corrected chi connectivity index (χ4v) is 5.15. The number of hydrogen-bond donors (Lipinski definition) is 0. The standard InChI is InChI=1S/C27H35F3N2O4/c28-16-23(17-29)36-27(34)32-13-9-19(10-14-32)18-35-25-8-7-22(15-24(25)30)20-3-5-21(6-4-20)26(33)31-11-1-2-12-31/h3,7-8,15,19,21,23H,1-2,4-6,9-14,16-18H2. The maximum absolute atomic E-state index is 14.8. The molecule has 3 aliphatic rings. The van der Waals surface area contributed by atoms with Crippen molar-refractivity contribution < 1.29 is 32.2 Å². The van der Waals surface area contributed by atoms with Gasteiger partial charge in [0, 0.05) is 32.1 Å². The van der Waals surface area contributed by atoms with Gasteiger partial charge in [0.15, 0.2) is 17.7 Å². The van der Waals surface area contributed by atoms with Gasteiger partial charge < -0.3 is 19.3 Å². The number of amides is 2. The molecule has 0 aromatic heterocycles. The van der Waals surface area contributed by atoms with Crippen molar-refractivity contribution in [3.63, 3.8) is 0 Å². The van der Waals surface area contributed by atoms with Crippen molar-refractivity contribution in [1.29, 1.82) is 0 Å². The predicted octanol–water partition coefficient (Wildman–Crippen LogP) is 5.17. The number of piperidine rings is 1. The lowest BCUT2D eigenvalue weighted by Gasteiger charge is -2.31. The number of hydrogen-bond acceptors (Lipinski definition) is 4. The molecule has 1 aliphatic carbocycles. The van der Waals surface area contributed by atoms with Crippen molar-refractivity contribution in [2.75, 3.05) is 46.1 Å². The van der Waals surface area contributed by atoms with Crippen LogP contribution < -0.4 is 4.74 Å². The van der Waals surface area contributed by atoms with E-state index in [1.165, 1.54) is 11.0 Å². The summed E-state index contributed by atoms with van der Waals surface area (Å²) in [5.41, 5.74) is 1.88. The number of alkyl halides is 2. The normalized spacial score (nSPS) is 21.0. The quantitative estimate of drug-likeness (QED) is 0.486. The predicted molar refractivity (Wildman–Crippen MR) is 130 cm³/mol. The number of benzene rings is 1. The zero-order valence-corrected chi connectivity index (χ0v) is 20.6. The minimum atomic E-state index is -1.35. The molecule has 0 radical (unpaired) electrons. The molecule has 198 valence electrons. The zero-order chi connectivity index (χ0) is 25.5. The number of carbonyl (C=O) groups is 2. The Bertz CT molecular complexity index is 939. The summed E-state index contributed by atoms with van der Waals surface area (Å²) >= 11 is 0. The van der Waals surface area contributed by atoms with E-state index in [4.69, 9.17) is 9.47 Å². The van der Waals surface area contributed by atoms with Gasteiger partial charge in [-0.3, -0.25) is 4.79 Å². The summed E-state index contributed by atoms with van der Waals surface area (Å²) in [6, 6.07) is 5.00. The highest BCUT2D eigenvalue weighted by molar-refractivity contribution is 5.81. The minimum absolute atomic E-state index is 0.0291. The third kappa shape index (κ3) is 6.53. The van der Waals surface area contributed by atoms with E-state index in [0.717, 1.165) is 49.9 Å². The van der Waals surface area contributed by atoms with E-state index in [1.54, 1.807) is 6.07 Å². The lowest BCUT2D eigenvalue weighted by Crippen LogP contribution is -2.41. The van der Waals surface area contributed by atoms with Gasteiger partial charge in [0.2, 0.25) is 5.91 Å². The van der Waals surface area contributed by atoms with Crippen molar-refractivity contribution in [2.45, 2.75) is 51.0 Å². The summed E-state index contributed by atoms with van der Waals surface area (Å²) in [5.74, 6) is 0.184. The average Bonchev–Trinajstić information content (AvgIpc) is 3.46. The van der Waals surface area contributed by atoms with Crippen LogP contribution in [0.4, 0.5) is 18.0 Å². The molecule has 36 heavy (non-hydrogen) atoms. The van der Waals surface area contributed by atoms with Gasteiger partial charge in [-0.2, -0.15) is 0 Å². The molecule has 6 nitrogen and oxygen atoms in total. The molecule has 2 fully saturated rings. The van der Waals surface area contributed by atoms with Crippen molar-refractivity contribution in [2.24, 2.45) is 11.8 Å². The minimum Gasteiger partial charge on any atom is -0.490 e. The van der Waals surface area contributed by atoms with Gasteiger partial charge >= 0.3 is 6.09 Å². The van der Waals surface area contributed by atoms with E-state index in [2.05, 4.69) is 6.08 Å². The second-order valence-electron chi connectivity index (χ2n) is 9.93. The largest absolute Gasteiger partial charge is 0.490 e. The van der Waals surface area contributed by atoms with Crippen LogP contribution in [-0.4, -0.2) is 74.0 Å². The zero-order valence-electron chi connectivity index (χ0n) is 20.6. The summed E-state index contributed by atoms with van der Waals surface area (Å²) in [6.45, 7) is 0.751. The molecule has 4 rings (SSSR count). The molecule has 1 aromatic carbocycles. The number of rotatable bonds is 8. The molecule has 1 aromatic rings. The first-order valence-electron chi connectivity index (χ1n) is 13.0. The number of allylic oxidation sites excluding steroid dienone is 2. The lowest BCUT2D eigenvalue weighted by molar-refractivity contribution is -0.134. The van der Waals surface area contributed by atoms with Crippen LogP contribution in [0.1, 0.15) is 50.5 Å². The summed E-state index contributed by atoms with van der Waals surface area (Å²) in [6.07, 6.45) is 5.68. The molecule has 1 unspecified atom stereocenters. The van der Waals surface area contributed by atoms with E-state index in [9.17, 15) is 22.8 Å². The van der Waals surface area contributed by atoms with E-state index in [1.807, 2.05) is 11.0 Å². The van der Waals surface area contributed by atoms with Crippen LogP contribution in [0.25, 0.3) is 5.57 Å². The van der Waals surface area contributed by atoms with E-state index < -0.39 is 31.4 Å². The van der Waals surface area contributed by atoms with Crippen LogP contribution >= 0.6 is 0 Å². The molecular weight excluding hydrogens is 473 g/mol.